The monoisotopic (exact) mass is 394 g/mol. The minimum Gasteiger partial charge on any atom is -0.355 e. The Kier molecular flexibility index (Phi) is 8.73. The van der Waals surface area contributed by atoms with Crippen LogP contribution in [0.1, 0.15) is 38.6 Å². The molecule has 0 radical (unpaired) electrons. The molecule has 0 spiro atoms. The molecule has 7 heteroatoms. The summed E-state index contributed by atoms with van der Waals surface area (Å²) >= 11 is 1.69. The molecule has 1 fully saturated rings. The number of hydrogen-bond acceptors (Lipinski definition) is 5. The van der Waals surface area contributed by atoms with E-state index >= 15 is 0 Å². The predicted octanol–water partition coefficient (Wildman–Crippen LogP) is 1.95. The Labute approximate surface area is 167 Å². The second-order valence-electron chi connectivity index (χ2n) is 8.05. The van der Waals surface area contributed by atoms with Crippen molar-refractivity contribution >= 4 is 23.2 Å². The molecule has 6 nitrogen and oxygen atoms in total. The highest BCUT2D eigenvalue weighted by Gasteiger charge is 2.23. The molecule has 2 heterocycles. The van der Waals surface area contributed by atoms with Crippen molar-refractivity contribution in [2.75, 3.05) is 45.8 Å². The van der Waals surface area contributed by atoms with Crippen molar-refractivity contribution in [1.82, 2.24) is 20.4 Å². The fourth-order valence-electron chi connectivity index (χ4n) is 3.14. The van der Waals surface area contributed by atoms with E-state index in [2.05, 4.69) is 54.2 Å². The number of piperazine rings is 1. The largest absolute Gasteiger partial charge is 0.355 e. The summed E-state index contributed by atoms with van der Waals surface area (Å²) in [6.07, 6.45) is 0. The van der Waals surface area contributed by atoms with Crippen molar-refractivity contribution in [2.24, 2.45) is 11.8 Å². The highest BCUT2D eigenvalue weighted by Crippen LogP contribution is 2.25. The lowest BCUT2D eigenvalue weighted by atomic mass is 10.0. The summed E-state index contributed by atoms with van der Waals surface area (Å²) < 4.78 is 0. The van der Waals surface area contributed by atoms with Crippen molar-refractivity contribution in [3.63, 3.8) is 0 Å². The predicted molar refractivity (Wildman–Crippen MR) is 111 cm³/mol. The normalized spacial score (nSPS) is 17.3. The van der Waals surface area contributed by atoms with Gasteiger partial charge < -0.3 is 10.6 Å². The Morgan fingerprint density at radius 2 is 1.63 bits per heavy atom. The molecule has 152 valence electrons. The lowest BCUT2D eigenvalue weighted by molar-refractivity contribution is -0.125. The van der Waals surface area contributed by atoms with E-state index in [0.717, 1.165) is 32.7 Å². The van der Waals surface area contributed by atoms with Crippen LogP contribution in [0, 0.1) is 11.8 Å². The SMILES string of the molecule is CC(C)CNC(=O)CN1CCN(CC(=O)NC(c2cccs2)C(C)C)CC1. The molecule has 1 aliphatic heterocycles. The molecule has 2 amide bonds. The lowest BCUT2D eigenvalue weighted by Gasteiger charge is -2.34. The Morgan fingerprint density at radius 3 is 2.11 bits per heavy atom. The van der Waals surface area contributed by atoms with Crippen LogP contribution in [0.4, 0.5) is 0 Å². The Balaban J connectivity index is 1.71. The fourth-order valence-corrected chi connectivity index (χ4v) is 4.09. The fraction of sp³-hybridized carbons (Fsp3) is 0.700. The summed E-state index contributed by atoms with van der Waals surface area (Å²) in [7, 11) is 0. The molecule has 0 aromatic carbocycles. The number of hydrogen-bond donors (Lipinski definition) is 2. The van der Waals surface area contributed by atoms with Crippen LogP contribution < -0.4 is 10.6 Å². The van der Waals surface area contributed by atoms with E-state index < -0.39 is 0 Å². The number of nitrogens with zero attached hydrogens (tertiary/aromatic N) is 2. The smallest absolute Gasteiger partial charge is 0.234 e. The summed E-state index contributed by atoms with van der Waals surface area (Å²) in [5.41, 5.74) is 0. The van der Waals surface area contributed by atoms with E-state index in [1.165, 1.54) is 4.88 Å². The van der Waals surface area contributed by atoms with Gasteiger partial charge in [0.15, 0.2) is 0 Å². The van der Waals surface area contributed by atoms with E-state index in [-0.39, 0.29) is 17.9 Å². The van der Waals surface area contributed by atoms with Crippen molar-refractivity contribution in [1.29, 1.82) is 0 Å². The first-order chi connectivity index (χ1) is 12.8. The second kappa shape index (κ2) is 10.8. The van der Waals surface area contributed by atoms with Crippen LogP contribution in [-0.4, -0.2) is 67.4 Å². The van der Waals surface area contributed by atoms with Crippen LogP contribution in [0.25, 0.3) is 0 Å². The van der Waals surface area contributed by atoms with Crippen molar-refractivity contribution in [2.45, 2.75) is 33.7 Å². The van der Waals surface area contributed by atoms with Gasteiger partial charge in [0.2, 0.25) is 11.8 Å². The van der Waals surface area contributed by atoms with E-state index in [0.29, 0.717) is 24.9 Å². The molecule has 0 saturated carbocycles. The van der Waals surface area contributed by atoms with Gasteiger partial charge in [-0.1, -0.05) is 33.8 Å². The van der Waals surface area contributed by atoms with Crippen LogP contribution in [0.3, 0.4) is 0 Å². The topological polar surface area (TPSA) is 64.7 Å². The molecule has 1 unspecified atom stereocenters. The van der Waals surface area contributed by atoms with Gasteiger partial charge in [0.25, 0.3) is 0 Å². The molecule has 27 heavy (non-hydrogen) atoms. The standard InChI is InChI=1S/C20H34N4O2S/c1-15(2)12-21-18(25)13-23-7-9-24(10-8-23)14-19(26)22-20(16(3)4)17-6-5-11-27-17/h5-6,11,15-16,20H,7-10,12-14H2,1-4H3,(H,21,25)(H,22,26). The maximum absolute atomic E-state index is 12.5. The average Bonchev–Trinajstić information content (AvgIpc) is 3.13. The van der Waals surface area contributed by atoms with Crippen molar-refractivity contribution < 1.29 is 9.59 Å². The molecule has 1 aliphatic rings. The number of carbonyl (C=O) groups excluding carboxylic acids is 2. The van der Waals surface area contributed by atoms with Gasteiger partial charge >= 0.3 is 0 Å². The number of rotatable bonds is 9. The van der Waals surface area contributed by atoms with Gasteiger partial charge in [-0.15, -0.1) is 11.3 Å². The maximum atomic E-state index is 12.5. The van der Waals surface area contributed by atoms with E-state index in [9.17, 15) is 9.59 Å². The zero-order valence-electron chi connectivity index (χ0n) is 17.0. The van der Waals surface area contributed by atoms with Crippen LogP contribution in [0.15, 0.2) is 17.5 Å². The Morgan fingerprint density at radius 1 is 1.04 bits per heavy atom. The molecule has 1 aromatic rings. The molecule has 0 aliphatic carbocycles. The molecule has 0 bridgehead atoms. The molecular weight excluding hydrogens is 360 g/mol. The Hall–Kier alpha value is -1.44. The third-order valence-electron chi connectivity index (χ3n) is 4.74. The van der Waals surface area contributed by atoms with Gasteiger partial charge in [0.05, 0.1) is 19.1 Å². The zero-order chi connectivity index (χ0) is 19.8. The first-order valence-corrected chi connectivity index (χ1v) is 10.8. The quantitative estimate of drug-likeness (QED) is 0.672. The van der Waals surface area contributed by atoms with E-state index in [1.807, 2.05) is 11.4 Å². The Bertz CT molecular complexity index is 581. The lowest BCUT2D eigenvalue weighted by Crippen LogP contribution is -2.52. The van der Waals surface area contributed by atoms with Crippen LogP contribution in [0.2, 0.25) is 0 Å². The summed E-state index contributed by atoms with van der Waals surface area (Å²) in [5.74, 6) is 0.984. The molecule has 2 N–H and O–H groups in total. The molecule has 1 saturated heterocycles. The maximum Gasteiger partial charge on any atom is 0.234 e. The number of carbonyl (C=O) groups is 2. The second-order valence-corrected chi connectivity index (χ2v) is 9.03. The summed E-state index contributed by atoms with van der Waals surface area (Å²) in [5, 5.41) is 8.20. The van der Waals surface area contributed by atoms with E-state index in [1.54, 1.807) is 11.3 Å². The number of nitrogens with one attached hydrogen (secondary N) is 2. The molecule has 2 rings (SSSR count). The summed E-state index contributed by atoms with van der Waals surface area (Å²) in [6, 6.07) is 4.18. The number of amides is 2. The van der Waals surface area contributed by atoms with Gasteiger partial charge in [-0.2, -0.15) is 0 Å². The zero-order valence-corrected chi connectivity index (χ0v) is 17.8. The van der Waals surface area contributed by atoms with Crippen LogP contribution in [-0.2, 0) is 9.59 Å². The minimum absolute atomic E-state index is 0.0726. The average molecular weight is 395 g/mol. The van der Waals surface area contributed by atoms with Crippen molar-refractivity contribution in [3.8, 4) is 0 Å². The molecule has 1 atom stereocenters. The highest BCUT2D eigenvalue weighted by atomic mass is 32.1. The van der Waals surface area contributed by atoms with Gasteiger partial charge in [-0.25, -0.2) is 0 Å². The third-order valence-corrected chi connectivity index (χ3v) is 5.70. The van der Waals surface area contributed by atoms with Crippen molar-refractivity contribution in [3.05, 3.63) is 22.4 Å². The summed E-state index contributed by atoms with van der Waals surface area (Å²) in [4.78, 5) is 30.0. The van der Waals surface area contributed by atoms with Crippen LogP contribution >= 0.6 is 11.3 Å². The van der Waals surface area contributed by atoms with Gasteiger partial charge in [0, 0.05) is 37.6 Å². The molecular formula is C20H34N4O2S. The number of thiophene rings is 1. The minimum atomic E-state index is 0.0726. The first kappa shape index (κ1) is 21.9. The molecule has 1 aromatic heterocycles. The van der Waals surface area contributed by atoms with E-state index in [4.69, 9.17) is 0 Å². The highest BCUT2D eigenvalue weighted by molar-refractivity contribution is 7.10. The third kappa shape index (κ3) is 7.60. The first-order valence-electron chi connectivity index (χ1n) is 9.89. The van der Waals surface area contributed by atoms with Gasteiger partial charge in [-0.05, 0) is 23.3 Å². The summed E-state index contributed by atoms with van der Waals surface area (Å²) in [6.45, 7) is 13.3. The van der Waals surface area contributed by atoms with Gasteiger partial charge in [-0.3, -0.25) is 19.4 Å². The van der Waals surface area contributed by atoms with Gasteiger partial charge in [0.1, 0.15) is 0 Å². The van der Waals surface area contributed by atoms with Crippen LogP contribution in [0.5, 0.6) is 0 Å².